The normalized spacial score (nSPS) is 16.9. The molecule has 4 nitrogen and oxygen atoms in total. The molecule has 26 heavy (non-hydrogen) atoms. The van der Waals surface area contributed by atoms with E-state index in [-0.39, 0.29) is 5.78 Å². The van der Waals surface area contributed by atoms with Crippen molar-refractivity contribution >= 4 is 40.7 Å². The summed E-state index contributed by atoms with van der Waals surface area (Å²) in [4.78, 5) is 13.0. The largest absolute Gasteiger partial charge is 0.515 e. The third-order valence-electron chi connectivity index (χ3n) is 4.89. The van der Waals surface area contributed by atoms with Gasteiger partial charge in [0.2, 0.25) is 0 Å². The van der Waals surface area contributed by atoms with Gasteiger partial charge in [-0.15, -0.1) is 0 Å². The van der Waals surface area contributed by atoms with Crippen LogP contribution in [0.25, 0.3) is 10.9 Å². The second-order valence-electron chi connectivity index (χ2n) is 8.07. The second-order valence-corrected chi connectivity index (χ2v) is 14.5. The van der Waals surface area contributed by atoms with Gasteiger partial charge in [0, 0.05) is 35.8 Å². The number of para-hydroxylation sites is 1. The van der Waals surface area contributed by atoms with Crippen LogP contribution in [0, 0.1) is 0 Å². The molecule has 2 aromatic rings. The number of hydrogen-bond acceptors (Lipinski definition) is 3. The Morgan fingerprint density at radius 1 is 1.31 bits per heavy atom. The van der Waals surface area contributed by atoms with Crippen molar-refractivity contribution in [2.24, 2.45) is 0 Å². The molecule has 140 valence electrons. The van der Waals surface area contributed by atoms with Crippen LogP contribution in [0.1, 0.15) is 28.9 Å². The van der Waals surface area contributed by atoms with Crippen molar-refractivity contribution in [3.8, 4) is 0 Å². The lowest BCUT2D eigenvalue weighted by molar-refractivity contribution is 0.0881. The van der Waals surface area contributed by atoms with Crippen LogP contribution >= 0.6 is 15.9 Å². The number of hydrogen-bond donors (Lipinski definition) is 1. The quantitative estimate of drug-likeness (QED) is 0.216. The molecule has 3 rings (SSSR count). The van der Waals surface area contributed by atoms with Crippen LogP contribution in [0.4, 0.5) is 0 Å². The van der Waals surface area contributed by atoms with Gasteiger partial charge in [0.25, 0.3) is 0 Å². The number of carbonyl (C=O) groups is 1. The van der Waals surface area contributed by atoms with Crippen molar-refractivity contribution in [3.05, 3.63) is 45.8 Å². The molecular weight excluding hydrogens is 410 g/mol. The summed E-state index contributed by atoms with van der Waals surface area (Å²) in [6.07, 6.45) is 3.23. The zero-order chi connectivity index (χ0) is 18.9. The molecule has 0 aliphatic heterocycles. The third kappa shape index (κ3) is 3.82. The standard InChI is InChI=1S/C20H26BrNO3Si/c1-26(2,3)11-10-25-13-22-17-9-4-6-14(12-23)20(24)18(17)15-7-5-8-16(21)19(15)22/h5,7-8,12,23H,4,6,9-11,13H2,1-3H3/b14-12-. The Bertz CT molecular complexity index is 864. The number of aliphatic hydroxyl groups is 1. The number of allylic oxidation sites excluding steroid dienone is 1. The van der Waals surface area contributed by atoms with Crippen molar-refractivity contribution in [2.45, 2.75) is 51.7 Å². The summed E-state index contributed by atoms with van der Waals surface area (Å²) in [5.74, 6) is -0.0658. The lowest BCUT2D eigenvalue weighted by atomic mass is 10.0. The summed E-state index contributed by atoms with van der Waals surface area (Å²) in [6.45, 7) is 8.21. The molecule has 1 aromatic heterocycles. The number of aliphatic hydroxyl groups excluding tert-OH is 1. The van der Waals surface area contributed by atoms with Crippen LogP contribution in [0.3, 0.4) is 0 Å². The van der Waals surface area contributed by atoms with Gasteiger partial charge >= 0.3 is 0 Å². The van der Waals surface area contributed by atoms with Crippen LogP contribution in [0.15, 0.2) is 34.5 Å². The topological polar surface area (TPSA) is 51.5 Å². The molecule has 1 aliphatic rings. The predicted octanol–water partition coefficient (Wildman–Crippen LogP) is 5.68. The van der Waals surface area contributed by atoms with Gasteiger partial charge in [0.1, 0.15) is 6.73 Å². The minimum absolute atomic E-state index is 0.0658. The number of ketones is 1. The lowest BCUT2D eigenvalue weighted by Crippen LogP contribution is -2.22. The number of rotatable bonds is 5. The van der Waals surface area contributed by atoms with Crippen LogP contribution in [0.5, 0.6) is 0 Å². The Labute approximate surface area is 164 Å². The van der Waals surface area contributed by atoms with Crippen molar-refractivity contribution in [1.29, 1.82) is 0 Å². The Morgan fingerprint density at radius 2 is 2.08 bits per heavy atom. The molecule has 0 spiro atoms. The molecule has 0 unspecified atom stereocenters. The summed E-state index contributed by atoms with van der Waals surface area (Å²) in [5, 5.41) is 10.4. The molecule has 0 saturated heterocycles. The fraction of sp³-hybridized carbons (Fsp3) is 0.450. The van der Waals surface area contributed by atoms with E-state index in [1.807, 2.05) is 18.2 Å². The summed E-state index contributed by atoms with van der Waals surface area (Å²) in [5.41, 5.74) is 3.22. The number of fused-ring (bicyclic) bond motifs is 3. The summed E-state index contributed by atoms with van der Waals surface area (Å²) < 4.78 is 9.11. The van der Waals surface area contributed by atoms with E-state index in [9.17, 15) is 9.90 Å². The summed E-state index contributed by atoms with van der Waals surface area (Å²) in [6, 6.07) is 7.04. The molecule has 1 heterocycles. The summed E-state index contributed by atoms with van der Waals surface area (Å²) >= 11 is 3.64. The lowest BCUT2D eigenvalue weighted by Gasteiger charge is -2.17. The van der Waals surface area contributed by atoms with Gasteiger partial charge in [-0.25, -0.2) is 0 Å². The van der Waals surface area contributed by atoms with Crippen molar-refractivity contribution in [3.63, 3.8) is 0 Å². The molecular formula is C20H26BrNO3Si. The Morgan fingerprint density at radius 3 is 2.77 bits per heavy atom. The maximum absolute atomic E-state index is 13.0. The van der Waals surface area contributed by atoms with Crippen molar-refractivity contribution in [2.75, 3.05) is 6.61 Å². The van der Waals surface area contributed by atoms with Gasteiger partial charge < -0.3 is 14.4 Å². The van der Waals surface area contributed by atoms with Gasteiger partial charge in [0.05, 0.1) is 17.3 Å². The highest BCUT2D eigenvalue weighted by Gasteiger charge is 2.28. The SMILES string of the molecule is C[Si](C)(C)CCOCn1c2c(c3cccc(Br)c31)C(=O)/C(=C\O)CCC2. The molecule has 6 heteroatoms. The highest BCUT2D eigenvalue weighted by molar-refractivity contribution is 9.10. The molecule has 0 fully saturated rings. The molecule has 0 saturated carbocycles. The minimum atomic E-state index is -1.14. The Hall–Kier alpha value is -1.37. The van der Waals surface area contributed by atoms with Gasteiger partial charge in [-0.05, 0) is 47.3 Å². The number of benzene rings is 1. The van der Waals surface area contributed by atoms with Gasteiger partial charge in [-0.2, -0.15) is 0 Å². The van der Waals surface area contributed by atoms with E-state index in [4.69, 9.17) is 4.74 Å². The predicted molar refractivity (Wildman–Crippen MR) is 112 cm³/mol. The zero-order valence-corrected chi connectivity index (χ0v) is 18.2. The molecule has 1 aliphatic carbocycles. The first-order valence-electron chi connectivity index (χ1n) is 9.09. The van der Waals surface area contributed by atoms with E-state index in [0.717, 1.165) is 52.8 Å². The van der Waals surface area contributed by atoms with Gasteiger partial charge in [-0.3, -0.25) is 4.79 Å². The molecule has 0 bridgehead atoms. The van der Waals surface area contributed by atoms with Crippen LogP contribution in [-0.4, -0.2) is 30.1 Å². The van der Waals surface area contributed by atoms with E-state index in [2.05, 4.69) is 40.1 Å². The van der Waals surface area contributed by atoms with Crippen molar-refractivity contribution < 1.29 is 14.6 Å². The van der Waals surface area contributed by atoms with E-state index in [1.165, 1.54) is 0 Å². The Balaban J connectivity index is 2.03. The van der Waals surface area contributed by atoms with E-state index in [1.54, 1.807) is 0 Å². The number of halogens is 1. The molecule has 1 aromatic carbocycles. The highest BCUT2D eigenvalue weighted by Crippen LogP contribution is 2.36. The first kappa shape index (κ1) is 19.4. The molecule has 0 radical (unpaired) electrons. The van der Waals surface area contributed by atoms with Gasteiger partial charge in [0.15, 0.2) is 5.78 Å². The van der Waals surface area contributed by atoms with E-state index < -0.39 is 8.07 Å². The minimum Gasteiger partial charge on any atom is -0.515 e. The Kier molecular flexibility index (Phi) is 5.74. The van der Waals surface area contributed by atoms with E-state index >= 15 is 0 Å². The average molecular weight is 436 g/mol. The smallest absolute Gasteiger partial charge is 0.194 e. The monoisotopic (exact) mass is 435 g/mol. The summed E-state index contributed by atoms with van der Waals surface area (Å²) in [7, 11) is -1.14. The van der Waals surface area contributed by atoms with Crippen LogP contribution in [0.2, 0.25) is 25.7 Å². The average Bonchev–Trinajstić information content (AvgIpc) is 2.79. The second kappa shape index (κ2) is 7.70. The van der Waals surface area contributed by atoms with Crippen molar-refractivity contribution in [1.82, 2.24) is 4.57 Å². The molecule has 0 amide bonds. The number of Topliss-reactive ketones (excluding diaryl/α,β-unsaturated/α-hetero) is 1. The number of nitrogens with zero attached hydrogens (tertiary/aromatic N) is 1. The van der Waals surface area contributed by atoms with Gasteiger partial charge in [-0.1, -0.05) is 31.8 Å². The first-order valence-corrected chi connectivity index (χ1v) is 13.6. The highest BCUT2D eigenvalue weighted by atomic mass is 79.9. The maximum Gasteiger partial charge on any atom is 0.194 e. The number of aromatic nitrogens is 1. The third-order valence-corrected chi connectivity index (χ3v) is 7.24. The zero-order valence-electron chi connectivity index (χ0n) is 15.6. The number of carbonyl (C=O) groups excluding carboxylic acids is 1. The van der Waals surface area contributed by atoms with Crippen LogP contribution < -0.4 is 0 Å². The fourth-order valence-electron chi connectivity index (χ4n) is 3.45. The first-order chi connectivity index (χ1) is 12.3. The van der Waals surface area contributed by atoms with Crippen LogP contribution in [-0.2, 0) is 17.9 Å². The molecule has 1 N–H and O–H groups in total. The van der Waals surface area contributed by atoms with E-state index in [0.29, 0.717) is 24.3 Å². The fourth-order valence-corrected chi connectivity index (χ4v) is 4.79. The number of ether oxygens (including phenoxy) is 1. The maximum atomic E-state index is 13.0. The molecule has 0 atom stereocenters.